The van der Waals surface area contributed by atoms with Crippen LogP contribution in [0.25, 0.3) is 0 Å². The van der Waals surface area contributed by atoms with Crippen LogP contribution in [0.4, 0.5) is 0 Å². The molecule has 0 aromatic rings. The Labute approximate surface area is 77.9 Å². The van der Waals surface area contributed by atoms with Gasteiger partial charge in [0.05, 0.1) is 0 Å². The summed E-state index contributed by atoms with van der Waals surface area (Å²) in [5.74, 6) is -0.682. The molecule has 1 N–H and O–H groups in total. The molecule has 0 atom stereocenters. The van der Waals surface area contributed by atoms with Crippen LogP contribution in [0.15, 0.2) is 0 Å². The van der Waals surface area contributed by atoms with Crippen molar-refractivity contribution in [3.05, 3.63) is 0 Å². The van der Waals surface area contributed by atoms with Gasteiger partial charge in [0, 0.05) is 36.0 Å². The summed E-state index contributed by atoms with van der Waals surface area (Å²) in [5, 5.41) is 8.14. The molecule has 2 nitrogen and oxygen atoms in total. The van der Waals surface area contributed by atoms with Crippen molar-refractivity contribution in [2.75, 3.05) is 0 Å². The fraction of sp³-hybridized carbons (Fsp3) is 0.833. The fourth-order valence-electron chi connectivity index (χ4n) is 0.526. The average molecular weight is 139 g/mol. The van der Waals surface area contributed by atoms with Crippen molar-refractivity contribution in [3.63, 3.8) is 0 Å². The monoisotopic (exact) mass is 139 g/mol. The van der Waals surface area contributed by atoms with Gasteiger partial charge < -0.3 is 5.11 Å². The molecular formula is C6H12NaO2. The molecule has 3 heteroatoms. The minimum Gasteiger partial charge on any atom is -0.481 e. The summed E-state index contributed by atoms with van der Waals surface area (Å²) >= 11 is 0. The first kappa shape index (κ1) is 12.2. The number of aliphatic carboxylic acids is 1. The van der Waals surface area contributed by atoms with Crippen LogP contribution in [0, 0.1) is 0 Å². The second-order valence-corrected chi connectivity index (χ2v) is 1.85. The van der Waals surface area contributed by atoms with Crippen LogP contribution in [0.5, 0.6) is 0 Å². The number of hydrogen-bond acceptors (Lipinski definition) is 1. The zero-order chi connectivity index (χ0) is 6.41. The molecule has 0 bridgehead atoms. The van der Waals surface area contributed by atoms with Crippen molar-refractivity contribution >= 4 is 35.5 Å². The van der Waals surface area contributed by atoms with Crippen LogP contribution < -0.4 is 0 Å². The van der Waals surface area contributed by atoms with E-state index in [1.54, 1.807) is 0 Å². The molecule has 0 heterocycles. The van der Waals surface area contributed by atoms with E-state index >= 15 is 0 Å². The molecule has 0 saturated carbocycles. The molecule has 49 valence electrons. The standard InChI is InChI=1S/C6H12O2.Na/c1-2-3-4-5-6(7)8;/h2-5H2,1H3,(H,7,8);. The molecule has 0 aromatic carbocycles. The summed E-state index contributed by atoms with van der Waals surface area (Å²) < 4.78 is 0. The third-order valence-corrected chi connectivity index (χ3v) is 0.994. The topological polar surface area (TPSA) is 37.3 Å². The van der Waals surface area contributed by atoms with Gasteiger partial charge in [-0.1, -0.05) is 19.8 Å². The molecule has 0 aromatic heterocycles. The predicted octanol–water partition coefficient (Wildman–Crippen LogP) is 1.27. The molecule has 0 unspecified atom stereocenters. The minimum atomic E-state index is -0.682. The van der Waals surface area contributed by atoms with E-state index in [1.165, 1.54) is 0 Å². The van der Waals surface area contributed by atoms with E-state index in [0.717, 1.165) is 19.3 Å². The number of rotatable bonds is 4. The maximum Gasteiger partial charge on any atom is 0.303 e. The van der Waals surface area contributed by atoms with E-state index in [2.05, 4.69) is 6.92 Å². The Hall–Kier alpha value is 0.470. The number of hydrogen-bond donors (Lipinski definition) is 1. The molecule has 0 spiro atoms. The van der Waals surface area contributed by atoms with E-state index < -0.39 is 5.97 Å². The maximum atomic E-state index is 9.87. The first-order valence-corrected chi connectivity index (χ1v) is 2.99. The van der Waals surface area contributed by atoms with Crippen LogP contribution in [0.2, 0.25) is 0 Å². The third kappa shape index (κ3) is 11.8. The van der Waals surface area contributed by atoms with Crippen molar-refractivity contribution in [2.45, 2.75) is 32.6 Å². The van der Waals surface area contributed by atoms with E-state index in [-0.39, 0.29) is 29.6 Å². The van der Waals surface area contributed by atoms with E-state index in [9.17, 15) is 4.79 Å². The van der Waals surface area contributed by atoms with Gasteiger partial charge in [-0.3, -0.25) is 4.79 Å². The Bertz CT molecular complexity index is 73.5. The summed E-state index contributed by atoms with van der Waals surface area (Å²) in [6.07, 6.45) is 3.28. The van der Waals surface area contributed by atoms with Gasteiger partial charge in [0.15, 0.2) is 0 Å². The van der Waals surface area contributed by atoms with Crippen molar-refractivity contribution in [1.82, 2.24) is 0 Å². The number of unbranched alkanes of at least 4 members (excludes halogenated alkanes) is 2. The zero-order valence-electron chi connectivity index (χ0n) is 6.18. The van der Waals surface area contributed by atoms with Crippen LogP contribution >= 0.6 is 0 Å². The van der Waals surface area contributed by atoms with Crippen LogP contribution in [0.1, 0.15) is 32.6 Å². The SMILES string of the molecule is CCCCCC(=O)O.[Na]. The van der Waals surface area contributed by atoms with Gasteiger partial charge in [-0.15, -0.1) is 0 Å². The van der Waals surface area contributed by atoms with Gasteiger partial charge in [0.1, 0.15) is 0 Å². The Kier molecular flexibility index (Phi) is 11.5. The number of carbonyl (C=O) groups is 1. The van der Waals surface area contributed by atoms with Crippen molar-refractivity contribution < 1.29 is 9.90 Å². The molecule has 0 fully saturated rings. The first-order chi connectivity index (χ1) is 3.77. The van der Waals surface area contributed by atoms with Gasteiger partial charge in [-0.25, -0.2) is 0 Å². The predicted molar refractivity (Wildman–Crippen MR) is 37.5 cm³/mol. The molecule has 0 aliphatic heterocycles. The van der Waals surface area contributed by atoms with Crippen LogP contribution in [-0.4, -0.2) is 40.6 Å². The third-order valence-electron chi connectivity index (χ3n) is 0.994. The summed E-state index contributed by atoms with van der Waals surface area (Å²) in [6.45, 7) is 2.06. The normalized spacial score (nSPS) is 8.11. The van der Waals surface area contributed by atoms with E-state index in [4.69, 9.17) is 5.11 Å². The van der Waals surface area contributed by atoms with Crippen LogP contribution in [-0.2, 0) is 4.79 Å². The quantitative estimate of drug-likeness (QED) is 0.470. The number of carboxylic acid groups (broad SMARTS) is 1. The minimum absolute atomic E-state index is 0. The van der Waals surface area contributed by atoms with Crippen molar-refractivity contribution in [1.29, 1.82) is 0 Å². The molecule has 0 saturated heterocycles. The second kappa shape index (κ2) is 8.47. The first-order valence-electron chi connectivity index (χ1n) is 2.99. The van der Waals surface area contributed by atoms with Crippen LogP contribution in [0.3, 0.4) is 0 Å². The second-order valence-electron chi connectivity index (χ2n) is 1.85. The Morgan fingerprint density at radius 3 is 2.33 bits per heavy atom. The van der Waals surface area contributed by atoms with Crippen molar-refractivity contribution in [3.8, 4) is 0 Å². The zero-order valence-corrected chi connectivity index (χ0v) is 8.18. The van der Waals surface area contributed by atoms with Crippen molar-refractivity contribution in [2.24, 2.45) is 0 Å². The molecule has 1 radical (unpaired) electrons. The Balaban J connectivity index is 0. The molecule has 0 aliphatic carbocycles. The summed E-state index contributed by atoms with van der Waals surface area (Å²) in [6, 6.07) is 0. The van der Waals surface area contributed by atoms with Gasteiger partial charge >= 0.3 is 5.97 Å². The van der Waals surface area contributed by atoms with E-state index in [1.807, 2.05) is 0 Å². The van der Waals surface area contributed by atoms with Gasteiger partial charge in [0.25, 0.3) is 0 Å². The molecule has 0 rings (SSSR count). The summed E-state index contributed by atoms with van der Waals surface area (Å²) in [4.78, 5) is 9.87. The molecular weight excluding hydrogens is 127 g/mol. The Morgan fingerprint density at radius 2 is 2.00 bits per heavy atom. The Morgan fingerprint density at radius 1 is 1.44 bits per heavy atom. The molecule has 0 amide bonds. The molecule has 0 aliphatic rings. The maximum absolute atomic E-state index is 9.87. The van der Waals surface area contributed by atoms with E-state index in [0.29, 0.717) is 6.42 Å². The van der Waals surface area contributed by atoms with Gasteiger partial charge in [-0.2, -0.15) is 0 Å². The molecule has 9 heavy (non-hydrogen) atoms. The number of carboxylic acids is 1. The van der Waals surface area contributed by atoms with Gasteiger partial charge in [0.2, 0.25) is 0 Å². The van der Waals surface area contributed by atoms with Gasteiger partial charge in [-0.05, 0) is 6.42 Å². The fourth-order valence-corrected chi connectivity index (χ4v) is 0.526. The summed E-state index contributed by atoms with van der Waals surface area (Å²) in [7, 11) is 0. The largest absolute Gasteiger partial charge is 0.481 e. The average Bonchev–Trinajstić information content (AvgIpc) is 1.66. The summed E-state index contributed by atoms with van der Waals surface area (Å²) in [5.41, 5.74) is 0. The smallest absolute Gasteiger partial charge is 0.303 e.